The number of nitrogens with zero attached hydrogens (tertiary/aromatic N) is 3. The van der Waals surface area contributed by atoms with Gasteiger partial charge in [0.15, 0.2) is 0 Å². The van der Waals surface area contributed by atoms with Crippen molar-refractivity contribution in [3.05, 3.63) is 66.1 Å². The van der Waals surface area contributed by atoms with Crippen molar-refractivity contribution < 1.29 is 18.7 Å². The van der Waals surface area contributed by atoms with Crippen molar-refractivity contribution in [2.75, 3.05) is 13.1 Å². The zero-order chi connectivity index (χ0) is 17.9. The minimum absolute atomic E-state index is 0.0300. The molecule has 1 aromatic heterocycles. The first kappa shape index (κ1) is 16.0. The number of aldehydes is 1. The van der Waals surface area contributed by atoms with E-state index < -0.39 is 0 Å². The van der Waals surface area contributed by atoms with Gasteiger partial charge in [-0.25, -0.2) is 0 Å². The molecule has 1 amide bonds. The Bertz CT molecular complexity index is 915. The number of likely N-dealkylation sites (tertiary alicyclic amines) is 1. The van der Waals surface area contributed by atoms with Gasteiger partial charge in [-0.1, -0.05) is 18.2 Å². The standard InChI is InChI=1S/C19H15N3O4/c23-12-13-6-8-15(9-7-13)25-16-10-22(11-16)19(24)18-21-20-17(26-18)14-4-2-1-3-5-14/h1-9,12,16H,10-11H2. The number of carbonyl (C=O) groups excluding carboxylic acids is 2. The van der Waals surface area contributed by atoms with E-state index in [-0.39, 0.29) is 17.9 Å². The lowest BCUT2D eigenvalue weighted by atomic mass is 10.1. The molecule has 3 aromatic rings. The van der Waals surface area contributed by atoms with Crippen LogP contribution >= 0.6 is 0 Å². The summed E-state index contributed by atoms with van der Waals surface area (Å²) in [7, 11) is 0. The molecule has 0 bridgehead atoms. The van der Waals surface area contributed by atoms with Crippen LogP contribution in [0.2, 0.25) is 0 Å². The number of hydrogen-bond acceptors (Lipinski definition) is 6. The van der Waals surface area contributed by atoms with Crippen molar-refractivity contribution in [2.24, 2.45) is 0 Å². The van der Waals surface area contributed by atoms with Crippen LogP contribution in [0.1, 0.15) is 21.0 Å². The monoisotopic (exact) mass is 349 g/mol. The SMILES string of the molecule is O=Cc1ccc(OC2CN(C(=O)c3nnc(-c4ccccc4)o3)C2)cc1. The van der Waals surface area contributed by atoms with E-state index in [2.05, 4.69) is 10.2 Å². The van der Waals surface area contributed by atoms with Gasteiger partial charge >= 0.3 is 11.8 Å². The molecule has 1 saturated heterocycles. The fraction of sp³-hybridized carbons (Fsp3) is 0.158. The lowest BCUT2D eigenvalue weighted by Crippen LogP contribution is -2.56. The molecule has 4 rings (SSSR count). The molecule has 0 saturated carbocycles. The lowest BCUT2D eigenvalue weighted by Gasteiger charge is -2.38. The Morgan fingerprint density at radius 2 is 1.81 bits per heavy atom. The second kappa shape index (κ2) is 6.79. The Hall–Kier alpha value is -3.48. The van der Waals surface area contributed by atoms with Crippen molar-refractivity contribution in [1.29, 1.82) is 0 Å². The molecule has 0 spiro atoms. The predicted octanol–water partition coefficient (Wildman–Crippen LogP) is 2.45. The zero-order valence-electron chi connectivity index (χ0n) is 13.7. The number of rotatable bonds is 5. The van der Waals surface area contributed by atoms with E-state index in [1.54, 1.807) is 29.2 Å². The van der Waals surface area contributed by atoms with Crippen molar-refractivity contribution in [3.8, 4) is 17.2 Å². The van der Waals surface area contributed by atoms with Gasteiger partial charge in [-0.15, -0.1) is 10.2 Å². The van der Waals surface area contributed by atoms with Crippen LogP contribution < -0.4 is 4.74 Å². The molecule has 0 unspecified atom stereocenters. The van der Waals surface area contributed by atoms with Gasteiger partial charge in [0.2, 0.25) is 5.89 Å². The molecular formula is C19H15N3O4. The summed E-state index contributed by atoms with van der Waals surface area (Å²) in [5.41, 5.74) is 1.36. The Balaban J connectivity index is 1.34. The fourth-order valence-electron chi connectivity index (χ4n) is 2.64. The van der Waals surface area contributed by atoms with Crippen LogP contribution in [0.3, 0.4) is 0 Å². The van der Waals surface area contributed by atoms with E-state index >= 15 is 0 Å². The molecule has 1 aliphatic rings. The Labute approximate surface area is 149 Å². The van der Waals surface area contributed by atoms with Gasteiger partial charge < -0.3 is 14.1 Å². The maximum atomic E-state index is 12.4. The van der Waals surface area contributed by atoms with Crippen molar-refractivity contribution in [3.63, 3.8) is 0 Å². The largest absolute Gasteiger partial charge is 0.487 e. The van der Waals surface area contributed by atoms with Gasteiger partial charge in [-0.3, -0.25) is 9.59 Å². The zero-order valence-corrected chi connectivity index (χ0v) is 13.7. The average Bonchev–Trinajstić information content (AvgIpc) is 3.15. The molecule has 26 heavy (non-hydrogen) atoms. The molecule has 130 valence electrons. The fourth-order valence-corrected chi connectivity index (χ4v) is 2.64. The van der Waals surface area contributed by atoms with Gasteiger partial charge in [0.1, 0.15) is 18.1 Å². The summed E-state index contributed by atoms with van der Waals surface area (Å²) >= 11 is 0. The summed E-state index contributed by atoms with van der Waals surface area (Å²) in [4.78, 5) is 24.6. The van der Waals surface area contributed by atoms with Crippen molar-refractivity contribution in [1.82, 2.24) is 15.1 Å². The minimum Gasteiger partial charge on any atom is -0.487 e. The van der Waals surface area contributed by atoms with E-state index in [4.69, 9.17) is 9.15 Å². The predicted molar refractivity (Wildman–Crippen MR) is 91.9 cm³/mol. The topological polar surface area (TPSA) is 85.5 Å². The number of hydrogen-bond donors (Lipinski definition) is 0. The van der Waals surface area contributed by atoms with Crippen LogP contribution in [0.25, 0.3) is 11.5 Å². The molecule has 2 aromatic carbocycles. The van der Waals surface area contributed by atoms with Crippen LogP contribution in [0, 0.1) is 0 Å². The Morgan fingerprint density at radius 1 is 1.08 bits per heavy atom. The van der Waals surface area contributed by atoms with Crippen LogP contribution in [0.5, 0.6) is 5.75 Å². The molecule has 0 radical (unpaired) electrons. The second-order valence-electron chi connectivity index (χ2n) is 5.92. The van der Waals surface area contributed by atoms with Crippen LogP contribution in [0.15, 0.2) is 59.0 Å². The normalized spacial score (nSPS) is 13.9. The van der Waals surface area contributed by atoms with Crippen LogP contribution in [0.4, 0.5) is 0 Å². The van der Waals surface area contributed by atoms with Crippen molar-refractivity contribution >= 4 is 12.2 Å². The number of amides is 1. The average molecular weight is 349 g/mol. The van der Waals surface area contributed by atoms with E-state index in [0.29, 0.717) is 30.3 Å². The number of aromatic nitrogens is 2. The molecule has 0 N–H and O–H groups in total. The summed E-state index contributed by atoms with van der Waals surface area (Å²) < 4.78 is 11.2. The highest BCUT2D eigenvalue weighted by atomic mass is 16.5. The van der Waals surface area contributed by atoms with Crippen LogP contribution in [-0.4, -0.2) is 46.5 Å². The maximum absolute atomic E-state index is 12.4. The maximum Gasteiger partial charge on any atom is 0.311 e. The first-order valence-electron chi connectivity index (χ1n) is 8.13. The number of carbonyl (C=O) groups is 2. The molecular weight excluding hydrogens is 334 g/mol. The molecule has 7 heteroatoms. The molecule has 1 fully saturated rings. The van der Waals surface area contributed by atoms with Crippen LogP contribution in [-0.2, 0) is 0 Å². The van der Waals surface area contributed by atoms with E-state index in [1.165, 1.54) is 0 Å². The van der Waals surface area contributed by atoms with E-state index in [9.17, 15) is 9.59 Å². The smallest absolute Gasteiger partial charge is 0.311 e. The number of benzene rings is 2. The second-order valence-corrected chi connectivity index (χ2v) is 5.92. The summed E-state index contributed by atoms with van der Waals surface area (Å²) in [6.07, 6.45) is 0.680. The number of ether oxygens (including phenoxy) is 1. The lowest BCUT2D eigenvalue weighted by molar-refractivity contribution is 0.0150. The van der Waals surface area contributed by atoms with Crippen molar-refractivity contribution in [2.45, 2.75) is 6.10 Å². The summed E-state index contributed by atoms with van der Waals surface area (Å²) in [6, 6.07) is 16.1. The molecule has 1 aliphatic heterocycles. The Morgan fingerprint density at radius 3 is 2.50 bits per heavy atom. The minimum atomic E-state index is -0.309. The van der Waals surface area contributed by atoms with Gasteiger partial charge in [0, 0.05) is 11.1 Å². The van der Waals surface area contributed by atoms with Gasteiger partial charge in [0.05, 0.1) is 13.1 Å². The quantitative estimate of drug-likeness (QED) is 0.658. The van der Waals surface area contributed by atoms with E-state index in [0.717, 1.165) is 11.8 Å². The third-order valence-electron chi connectivity index (χ3n) is 4.08. The highest BCUT2D eigenvalue weighted by molar-refractivity contribution is 5.90. The summed E-state index contributed by atoms with van der Waals surface area (Å²) in [5, 5.41) is 7.77. The highest BCUT2D eigenvalue weighted by Crippen LogP contribution is 2.22. The first-order valence-corrected chi connectivity index (χ1v) is 8.13. The van der Waals surface area contributed by atoms with E-state index in [1.807, 2.05) is 30.3 Å². The summed E-state index contributed by atoms with van der Waals surface area (Å²) in [5.74, 6) is 0.642. The van der Waals surface area contributed by atoms with Gasteiger partial charge in [0.25, 0.3) is 0 Å². The van der Waals surface area contributed by atoms with Gasteiger partial charge in [-0.2, -0.15) is 0 Å². The van der Waals surface area contributed by atoms with Gasteiger partial charge in [-0.05, 0) is 36.4 Å². The third-order valence-corrected chi connectivity index (χ3v) is 4.08. The molecule has 7 nitrogen and oxygen atoms in total. The highest BCUT2D eigenvalue weighted by Gasteiger charge is 2.35. The third kappa shape index (κ3) is 3.19. The Kier molecular flexibility index (Phi) is 4.18. The molecule has 0 atom stereocenters. The molecule has 2 heterocycles. The molecule has 0 aliphatic carbocycles. The first-order chi connectivity index (χ1) is 12.7. The summed E-state index contributed by atoms with van der Waals surface area (Å²) in [6.45, 7) is 0.884.